The van der Waals surface area contributed by atoms with Crippen LogP contribution in [0.1, 0.15) is 16.7 Å². The summed E-state index contributed by atoms with van der Waals surface area (Å²) in [5, 5.41) is 0. The molecule has 0 aromatic heterocycles. The summed E-state index contributed by atoms with van der Waals surface area (Å²) in [5.74, 6) is 0. The Balaban J connectivity index is 3.26. The minimum atomic E-state index is -3.62. The Bertz CT molecular complexity index is 580. The van der Waals surface area contributed by atoms with E-state index in [1.807, 2.05) is 19.0 Å². The summed E-state index contributed by atoms with van der Waals surface area (Å²) in [6.45, 7) is 6.15. The number of nitrogens with one attached hydrogen (secondary N) is 1. The standard InChI is InChI=1S/C13H24N4O2S/c1-8-11(14)9(2)13(10(3)12(8)15)20(18,19)16-6-7-17(4)5/h16H,6-7,14-15H2,1-5H3. The van der Waals surface area contributed by atoms with E-state index in [1.54, 1.807) is 20.8 Å². The van der Waals surface area contributed by atoms with Crippen LogP contribution in [0.15, 0.2) is 4.90 Å². The minimum Gasteiger partial charge on any atom is -0.398 e. The molecule has 1 aromatic rings. The van der Waals surface area contributed by atoms with E-state index in [0.717, 1.165) is 5.56 Å². The lowest BCUT2D eigenvalue weighted by molar-refractivity contribution is 0.412. The zero-order valence-electron chi connectivity index (χ0n) is 12.7. The fourth-order valence-electron chi connectivity index (χ4n) is 2.11. The van der Waals surface area contributed by atoms with E-state index < -0.39 is 10.0 Å². The van der Waals surface area contributed by atoms with Gasteiger partial charge in [0, 0.05) is 24.5 Å². The number of nitrogen functional groups attached to an aromatic ring is 2. The molecule has 0 amide bonds. The fourth-order valence-corrected chi connectivity index (χ4v) is 3.64. The SMILES string of the molecule is Cc1c(N)c(C)c(S(=O)(=O)NCCN(C)C)c(C)c1N. The Hall–Kier alpha value is -1.31. The van der Waals surface area contributed by atoms with E-state index >= 15 is 0 Å². The number of benzene rings is 1. The van der Waals surface area contributed by atoms with Gasteiger partial charge in [0.2, 0.25) is 10.0 Å². The van der Waals surface area contributed by atoms with E-state index in [2.05, 4.69) is 4.72 Å². The molecule has 0 fully saturated rings. The van der Waals surface area contributed by atoms with E-state index in [4.69, 9.17) is 11.5 Å². The van der Waals surface area contributed by atoms with E-state index in [1.165, 1.54) is 0 Å². The molecule has 0 heterocycles. The van der Waals surface area contributed by atoms with Gasteiger partial charge in [-0.05, 0) is 51.6 Å². The van der Waals surface area contributed by atoms with Gasteiger partial charge in [0.15, 0.2) is 0 Å². The average Bonchev–Trinajstić information content (AvgIpc) is 2.33. The first-order valence-electron chi connectivity index (χ1n) is 6.38. The number of nitrogens with zero attached hydrogens (tertiary/aromatic N) is 1. The zero-order chi connectivity index (χ0) is 15.7. The van der Waals surface area contributed by atoms with Gasteiger partial charge >= 0.3 is 0 Å². The van der Waals surface area contributed by atoms with Crippen LogP contribution in [0.2, 0.25) is 0 Å². The lowest BCUT2D eigenvalue weighted by Gasteiger charge is -2.19. The second-order valence-corrected chi connectivity index (χ2v) is 6.94. The third-order valence-electron chi connectivity index (χ3n) is 3.42. The summed E-state index contributed by atoms with van der Waals surface area (Å²) >= 11 is 0. The van der Waals surface area contributed by atoms with Gasteiger partial charge in [-0.15, -0.1) is 0 Å². The molecule has 0 unspecified atom stereocenters. The third-order valence-corrected chi connectivity index (χ3v) is 5.15. The molecule has 0 atom stereocenters. The maximum Gasteiger partial charge on any atom is 0.241 e. The second-order valence-electron chi connectivity index (χ2n) is 5.23. The largest absolute Gasteiger partial charge is 0.398 e. The summed E-state index contributed by atoms with van der Waals surface area (Å²) in [4.78, 5) is 2.09. The molecule has 7 heteroatoms. The summed E-state index contributed by atoms with van der Waals surface area (Å²) < 4.78 is 27.4. The highest BCUT2D eigenvalue weighted by Crippen LogP contribution is 2.33. The van der Waals surface area contributed by atoms with Crippen molar-refractivity contribution in [3.63, 3.8) is 0 Å². The molecule has 114 valence electrons. The van der Waals surface area contributed by atoms with Crippen LogP contribution in [-0.4, -0.2) is 40.5 Å². The van der Waals surface area contributed by atoms with Gasteiger partial charge in [0.1, 0.15) is 0 Å². The summed E-state index contributed by atoms with van der Waals surface area (Å²) in [7, 11) is 0.147. The summed E-state index contributed by atoms with van der Waals surface area (Å²) in [5.41, 5.74) is 14.6. The Morgan fingerprint density at radius 1 is 1.00 bits per heavy atom. The number of hydrogen-bond donors (Lipinski definition) is 3. The van der Waals surface area contributed by atoms with Crippen molar-refractivity contribution in [1.82, 2.24) is 9.62 Å². The monoisotopic (exact) mass is 300 g/mol. The molecule has 1 aromatic carbocycles. The van der Waals surface area contributed by atoms with Crippen LogP contribution in [0.3, 0.4) is 0 Å². The second kappa shape index (κ2) is 5.99. The maximum absolute atomic E-state index is 12.4. The Kier molecular flexibility index (Phi) is 5.01. The quantitative estimate of drug-likeness (QED) is 0.692. The molecule has 0 saturated carbocycles. The lowest BCUT2D eigenvalue weighted by atomic mass is 10.0. The summed E-state index contributed by atoms with van der Waals surface area (Å²) in [6.07, 6.45) is 0. The summed E-state index contributed by atoms with van der Waals surface area (Å²) in [6, 6.07) is 0. The van der Waals surface area contributed by atoms with Crippen LogP contribution in [-0.2, 0) is 10.0 Å². The fraction of sp³-hybridized carbons (Fsp3) is 0.538. The van der Waals surface area contributed by atoms with Gasteiger partial charge in [-0.2, -0.15) is 0 Å². The van der Waals surface area contributed by atoms with Crippen molar-refractivity contribution < 1.29 is 8.42 Å². The topological polar surface area (TPSA) is 101 Å². The Labute approximate surface area is 121 Å². The number of hydrogen-bond acceptors (Lipinski definition) is 5. The molecule has 0 aliphatic heterocycles. The number of rotatable bonds is 5. The molecule has 0 saturated heterocycles. The Morgan fingerprint density at radius 2 is 1.45 bits per heavy atom. The van der Waals surface area contributed by atoms with Crippen LogP contribution in [0.5, 0.6) is 0 Å². The van der Waals surface area contributed by atoms with Gasteiger partial charge in [-0.1, -0.05) is 0 Å². The van der Waals surface area contributed by atoms with Crippen molar-refractivity contribution >= 4 is 21.4 Å². The number of sulfonamides is 1. The highest BCUT2D eigenvalue weighted by atomic mass is 32.2. The Morgan fingerprint density at radius 3 is 1.85 bits per heavy atom. The van der Waals surface area contributed by atoms with E-state index in [-0.39, 0.29) is 4.90 Å². The van der Waals surface area contributed by atoms with Gasteiger partial charge in [0.05, 0.1) is 4.90 Å². The van der Waals surface area contributed by atoms with Crippen molar-refractivity contribution in [2.75, 3.05) is 38.7 Å². The molecule has 0 radical (unpaired) electrons. The first-order chi connectivity index (χ1) is 9.09. The van der Waals surface area contributed by atoms with Crippen LogP contribution < -0.4 is 16.2 Å². The molecular formula is C13H24N4O2S. The van der Waals surface area contributed by atoms with E-state index in [9.17, 15) is 8.42 Å². The van der Waals surface area contributed by atoms with Gasteiger partial charge in [0.25, 0.3) is 0 Å². The molecule has 6 nitrogen and oxygen atoms in total. The zero-order valence-corrected chi connectivity index (χ0v) is 13.6. The predicted molar refractivity (Wildman–Crippen MR) is 83.2 cm³/mol. The molecule has 0 spiro atoms. The number of anilines is 2. The van der Waals surface area contributed by atoms with Crippen molar-refractivity contribution in [3.05, 3.63) is 16.7 Å². The first kappa shape index (κ1) is 16.7. The van der Waals surface area contributed by atoms with Gasteiger partial charge < -0.3 is 16.4 Å². The lowest BCUT2D eigenvalue weighted by Crippen LogP contribution is -2.32. The van der Waals surface area contributed by atoms with Gasteiger partial charge in [-0.25, -0.2) is 13.1 Å². The molecule has 0 aliphatic carbocycles. The van der Waals surface area contributed by atoms with Crippen LogP contribution in [0.4, 0.5) is 11.4 Å². The smallest absolute Gasteiger partial charge is 0.241 e. The number of nitrogens with two attached hydrogens (primary N) is 2. The van der Waals surface area contributed by atoms with Crippen molar-refractivity contribution in [2.24, 2.45) is 0 Å². The van der Waals surface area contributed by atoms with E-state index in [0.29, 0.717) is 35.6 Å². The van der Waals surface area contributed by atoms with Crippen molar-refractivity contribution in [1.29, 1.82) is 0 Å². The van der Waals surface area contributed by atoms with Crippen molar-refractivity contribution in [3.8, 4) is 0 Å². The number of likely N-dealkylation sites (N-methyl/N-ethyl adjacent to an activating group) is 1. The highest BCUT2D eigenvalue weighted by Gasteiger charge is 2.24. The molecule has 5 N–H and O–H groups in total. The minimum absolute atomic E-state index is 0.192. The first-order valence-corrected chi connectivity index (χ1v) is 7.87. The molecule has 20 heavy (non-hydrogen) atoms. The van der Waals surface area contributed by atoms with Crippen LogP contribution >= 0.6 is 0 Å². The van der Waals surface area contributed by atoms with Crippen molar-refractivity contribution in [2.45, 2.75) is 25.7 Å². The average molecular weight is 300 g/mol. The van der Waals surface area contributed by atoms with Gasteiger partial charge in [-0.3, -0.25) is 0 Å². The molecule has 1 rings (SSSR count). The van der Waals surface area contributed by atoms with Crippen LogP contribution in [0.25, 0.3) is 0 Å². The molecule has 0 bridgehead atoms. The van der Waals surface area contributed by atoms with Crippen LogP contribution in [0, 0.1) is 20.8 Å². The highest BCUT2D eigenvalue weighted by molar-refractivity contribution is 7.89. The predicted octanol–water partition coefficient (Wildman–Crippen LogP) is 0.616. The molecule has 0 aliphatic rings. The normalized spacial score (nSPS) is 12.1. The molecular weight excluding hydrogens is 276 g/mol. The maximum atomic E-state index is 12.4. The third kappa shape index (κ3) is 3.23.